The van der Waals surface area contributed by atoms with Crippen LogP contribution in [0.25, 0.3) is 0 Å². The zero-order valence-corrected chi connectivity index (χ0v) is 11.5. The fourth-order valence-corrected chi connectivity index (χ4v) is 1.78. The summed E-state index contributed by atoms with van der Waals surface area (Å²) in [4.78, 5) is 25.9. The number of rotatable bonds is 6. The van der Waals surface area contributed by atoms with Crippen molar-refractivity contribution in [3.8, 4) is 5.75 Å². The van der Waals surface area contributed by atoms with Crippen LogP contribution in [0.15, 0.2) is 42.6 Å². The molecule has 0 aliphatic carbocycles. The summed E-state index contributed by atoms with van der Waals surface area (Å²) in [6.45, 7) is 0.213. The Bertz CT molecular complexity index is 690. The summed E-state index contributed by atoms with van der Waals surface area (Å²) < 4.78 is 0. The lowest BCUT2D eigenvalue weighted by atomic mass is 10.2. The third kappa shape index (κ3) is 3.92. The SMILES string of the molecule is O=C(CCNc1ccccc1[N+](=O)[O-])Nc1ncccc1O. The molecule has 3 N–H and O–H groups in total. The lowest BCUT2D eigenvalue weighted by Gasteiger charge is -2.08. The minimum Gasteiger partial charge on any atom is -0.504 e. The van der Waals surface area contributed by atoms with Crippen LogP contribution < -0.4 is 10.6 Å². The number of benzene rings is 1. The Morgan fingerprint density at radius 1 is 1.27 bits per heavy atom. The fraction of sp³-hybridized carbons (Fsp3) is 0.143. The summed E-state index contributed by atoms with van der Waals surface area (Å²) in [6, 6.07) is 9.14. The molecule has 0 aliphatic heterocycles. The van der Waals surface area contributed by atoms with Crippen molar-refractivity contribution >= 4 is 23.1 Å². The lowest BCUT2D eigenvalue weighted by molar-refractivity contribution is -0.384. The Balaban J connectivity index is 1.88. The number of carbonyl (C=O) groups is 1. The standard InChI is InChI=1S/C14H14N4O4/c19-12-6-3-8-16-14(12)17-13(20)7-9-15-10-4-1-2-5-11(10)18(21)22/h1-6,8,15,19H,7,9H2,(H,16,17,20). The van der Waals surface area contributed by atoms with Gasteiger partial charge in [0.2, 0.25) is 5.91 Å². The molecular weight excluding hydrogens is 288 g/mol. The van der Waals surface area contributed by atoms with E-state index in [0.29, 0.717) is 5.69 Å². The van der Waals surface area contributed by atoms with Gasteiger partial charge in [0.1, 0.15) is 5.69 Å². The van der Waals surface area contributed by atoms with E-state index >= 15 is 0 Å². The monoisotopic (exact) mass is 302 g/mol. The van der Waals surface area contributed by atoms with E-state index < -0.39 is 4.92 Å². The highest BCUT2D eigenvalue weighted by Crippen LogP contribution is 2.23. The molecule has 0 fully saturated rings. The van der Waals surface area contributed by atoms with Crippen molar-refractivity contribution < 1.29 is 14.8 Å². The van der Waals surface area contributed by atoms with Crippen molar-refractivity contribution in [1.82, 2.24) is 4.98 Å². The van der Waals surface area contributed by atoms with Crippen molar-refractivity contribution in [3.05, 3.63) is 52.7 Å². The average molecular weight is 302 g/mol. The highest BCUT2D eigenvalue weighted by atomic mass is 16.6. The zero-order valence-electron chi connectivity index (χ0n) is 11.5. The van der Waals surface area contributed by atoms with Gasteiger partial charge < -0.3 is 15.7 Å². The number of nitro benzene ring substituents is 1. The molecule has 0 unspecified atom stereocenters. The van der Waals surface area contributed by atoms with Gasteiger partial charge in [0.15, 0.2) is 11.6 Å². The van der Waals surface area contributed by atoms with Gasteiger partial charge in [-0.25, -0.2) is 4.98 Å². The van der Waals surface area contributed by atoms with Crippen molar-refractivity contribution in [2.75, 3.05) is 17.2 Å². The van der Waals surface area contributed by atoms with Crippen LogP contribution in [0, 0.1) is 10.1 Å². The first-order valence-corrected chi connectivity index (χ1v) is 6.49. The van der Waals surface area contributed by atoms with Gasteiger partial charge in [-0.05, 0) is 18.2 Å². The molecule has 8 nitrogen and oxygen atoms in total. The molecule has 0 radical (unpaired) electrons. The van der Waals surface area contributed by atoms with Crippen LogP contribution in [0.2, 0.25) is 0 Å². The summed E-state index contributed by atoms with van der Waals surface area (Å²) >= 11 is 0. The third-order valence-electron chi connectivity index (χ3n) is 2.81. The van der Waals surface area contributed by atoms with Crippen LogP contribution in [0.1, 0.15) is 6.42 Å². The van der Waals surface area contributed by atoms with Crippen LogP contribution in [0.4, 0.5) is 17.2 Å². The van der Waals surface area contributed by atoms with Gasteiger partial charge in [0.05, 0.1) is 4.92 Å². The molecule has 1 aromatic heterocycles. The summed E-state index contributed by atoms with van der Waals surface area (Å²) in [7, 11) is 0. The van der Waals surface area contributed by atoms with Gasteiger partial charge in [0, 0.05) is 25.2 Å². The smallest absolute Gasteiger partial charge is 0.292 e. The summed E-state index contributed by atoms with van der Waals surface area (Å²) in [5, 5.41) is 25.6. The largest absolute Gasteiger partial charge is 0.504 e. The predicted molar refractivity (Wildman–Crippen MR) is 80.7 cm³/mol. The van der Waals surface area contributed by atoms with Gasteiger partial charge in [-0.15, -0.1) is 0 Å². The number of aromatic nitrogens is 1. The zero-order chi connectivity index (χ0) is 15.9. The van der Waals surface area contributed by atoms with E-state index in [9.17, 15) is 20.0 Å². The summed E-state index contributed by atoms with van der Waals surface area (Å²) in [6.07, 6.45) is 1.52. The second kappa shape index (κ2) is 7.02. The third-order valence-corrected chi connectivity index (χ3v) is 2.81. The van der Waals surface area contributed by atoms with Gasteiger partial charge >= 0.3 is 0 Å². The van der Waals surface area contributed by atoms with E-state index in [2.05, 4.69) is 15.6 Å². The van der Waals surface area contributed by atoms with Gasteiger partial charge in [0.25, 0.3) is 5.69 Å². The number of pyridine rings is 1. The number of nitrogens with one attached hydrogen (secondary N) is 2. The van der Waals surface area contributed by atoms with Crippen molar-refractivity contribution in [2.24, 2.45) is 0 Å². The van der Waals surface area contributed by atoms with Crippen molar-refractivity contribution in [3.63, 3.8) is 0 Å². The van der Waals surface area contributed by atoms with Crippen LogP contribution in [0.5, 0.6) is 5.75 Å². The van der Waals surface area contributed by atoms with E-state index in [1.807, 2.05) is 0 Å². The second-order valence-corrected chi connectivity index (χ2v) is 4.37. The Morgan fingerprint density at radius 3 is 2.77 bits per heavy atom. The molecule has 1 amide bonds. The highest BCUT2D eigenvalue weighted by Gasteiger charge is 2.12. The van der Waals surface area contributed by atoms with Crippen LogP contribution in [-0.2, 0) is 4.79 Å². The van der Waals surface area contributed by atoms with Gasteiger partial charge in [-0.3, -0.25) is 14.9 Å². The number of amides is 1. The summed E-state index contributed by atoms with van der Waals surface area (Å²) in [5.41, 5.74) is 0.297. The molecule has 22 heavy (non-hydrogen) atoms. The number of anilines is 2. The first-order chi connectivity index (χ1) is 10.6. The molecule has 2 aromatic rings. The average Bonchev–Trinajstić information content (AvgIpc) is 2.50. The Morgan fingerprint density at radius 2 is 2.05 bits per heavy atom. The van der Waals surface area contributed by atoms with Crippen LogP contribution in [-0.4, -0.2) is 27.5 Å². The molecule has 2 rings (SSSR count). The maximum Gasteiger partial charge on any atom is 0.292 e. The number of carbonyl (C=O) groups excluding carboxylic acids is 1. The fourth-order valence-electron chi connectivity index (χ4n) is 1.78. The molecule has 0 atom stereocenters. The number of aromatic hydroxyl groups is 1. The molecular formula is C14H14N4O4. The van der Waals surface area contributed by atoms with E-state index in [-0.39, 0.29) is 36.1 Å². The second-order valence-electron chi connectivity index (χ2n) is 4.37. The quantitative estimate of drug-likeness (QED) is 0.556. The highest BCUT2D eigenvalue weighted by molar-refractivity contribution is 5.91. The predicted octanol–water partition coefficient (Wildman–Crippen LogP) is 2.14. The van der Waals surface area contributed by atoms with E-state index in [1.54, 1.807) is 24.3 Å². The molecule has 8 heteroatoms. The maximum absolute atomic E-state index is 11.7. The normalized spacial score (nSPS) is 10.0. The van der Waals surface area contributed by atoms with Gasteiger partial charge in [-0.1, -0.05) is 12.1 Å². The summed E-state index contributed by atoms with van der Waals surface area (Å²) in [5.74, 6) is -0.402. The van der Waals surface area contributed by atoms with Crippen LogP contribution in [0.3, 0.4) is 0 Å². The molecule has 0 spiro atoms. The van der Waals surface area contributed by atoms with E-state index in [4.69, 9.17) is 0 Å². The first-order valence-electron chi connectivity index (χ1n) is 6.49. The topological polar surface area (TPSA) is 117 Å². The molecule has 1 aromatic carbocycles. The number of hydrogen-bond donors (Lipinski definition) is 3. The minimum atomic E-state index is -0.492. The number of hydrogen-bond acceptors (Lipinski definition) is 6. The lowest BCUT2D eigenvalue weighted by Crippen LogP contribution is -2.17. The Hall–Kier alpha value is -3.16. The molecule has 1 heterocycles. The number of nitrogens with zero attached hydrogens (tertiary/aromatic N) is 2. The molecule has 114 valence electrons. The molecule has 0 saturated heterocycles. The first kappa shape index (κ1) is 15.2. The number of nitro groups is 1. The minimum absolute atomic E-state index is 0.0507. The van der Waals surface area contributed by atoms with E-state index in [0.717, 1.165) is 0 Å². The van der Waals surface area contributed by atoms with Crippen LogP contribution >= 0.6 is 0 Å². The molecule has 0 saturated carbocycles. The molecule has 0 bridgehead atoms. The Labute approximate surface area is 126 Å². The van der Waals surface area contributed by atoms with Gasteiger partial charge in [-0.2, -0.15) is 0 Å². The van der Waals surface area contributed by atoms with Crippen molar-refractivity contribution in [2.45, 2.75) is 6.42 Å². The van der Waals surface area contributed by atoms with Crippen molar-refractivity contribution in [1.29, 1.82) is 0 Å². The van der Waals surface area contributed by atoms with E-state index in [1.165, 1.54) is 18.3 Å². The molecule has 0 aliphatic rings. The Kier molecular flexibility index (Phi) is 4.86. The maximum atomic E-state index is 11.7. The number of para-hydroxylation sites is 2.